The lowest BCUT2D eigenvalue weighted by atomic mass is 9.91. The summed E-state index contributed by atoms with van der Waals surface area (Å²) in [7, 11) is -2.25. The number of nitrogens with one attached hydrogen (secondary N) is 1. The summed E-state index contributed by atoms with van der Waals surface area (Å²) in [5.74, 6) is 0.106. The van der Waals surface area contributed by atoms with Gasteiger partial charge in [0.25, 0.3) is 10.0 Å². The molecule has 1 atom stereocenters. The van der Waals surface area contributed by atoms with Crippen LogP contribution in [0.3, 0.4) is 0 Å². The minimum Gasteiger partial charge on any atom is -0.254 e. The van der Waals surface area contributed by atoms with Crippen molar-refractivity contribution < 1.29 is 8.42 Å². The number of hydrogen-bond donors (Lipinski definition) is 1. The first kappa shape index (κ1) is 21.1. The summed E-state index contributed by atoms with van der Waals surface area (Å²) in [6.07, 6.45) is 0. The van der Waals surface area contributed by atoms with Crippen LogP contribution in [0.25, 0.3) is 0 Å². The summed E-state index contributed by atoms with van der Waals surface area (Å²) in [5, 5.41) is 6.98. The summed E-state index contributed by atoms with van der Waals surface area (Å²) < 4.78 is 28.2. The van der Waals surface area contributed by atoms with Gasteiger partial charge in [0.1, 0.15) is 0 Å². The standard InChI is InChI=1S/C23H21ClN4O2S/c1-25-23(27-31(29,30)20-10-6-3-7-11-20)28-16-21(17-8-4-2-5-9-17)22(26-28)18-12-14-19(24)15-13-18/h2-15,21H,16H2,1H3,(H,25,27). The Morgan fingerprint density at radius 1 is 1.00 bits per heavy atom. The van der Waals surface area contributed by atoms with Gasteiger partial charge in [0, 0.05) is 18.0 Å². The van der Waals surface area contributed by atoms with Crippen molar-refractivity contribution in [3.63, 3.8) is 0 Å². The zero-order chi connectivity index (χ0) is 21.8. The molecule has 1 unspecified atom stereocenters. The molecule has 1 aliphatic heterocycles. The van der Waals surface area contributed by atoms with Gasteiger partial charge < -0.3 is 0 Å². The van der Waals surface area contributed by atoms with E-state index in [9.17, 15) is 8.42 Å². The van der Waals surface area contributed by atoms with Crippen LogP contribution in [0.2, 0.25) is 5.02 Å². The minimum absolute atomic E-state index is 0.0552. The molecule has 1 N–H and O–H groups in total. The lowest BCUT2D eigenvalue weighted by molar-refractivity contribution is 0.462. The molecular weight excluding hydrogens is 432 g/mol. The number of guanidine groups is 1. The van der Waals surface area contributed by atoms with E-state index in [4.69, 9.17) is 16.7 Å². The van der Waals surface area contributed by atoms with E-state index in [-0.39, 0.29) is 16.8 Å². The molecule has 0 fully saturated rings. The Hall–Kier alpha value is -3.16. The molecule has 0 radical (unpaired) electrons. The maximum Gasteiger partial charge on any atom is 0.264 e. The maximum absolute atomic E-state index is 12.8. The first-order chi connectivity index (χ1) is 15.0. The largest absolute Gasteiger partial charge is 0.264 e. The number of nitrogens with zero attached hydrogens (tertiary/aromatic N) is 3. The number of benzene rings is 3. The second-order valence-electron chi connectivity index (χ2n) is 7.00. The van der Waals surface area contributed by atoms with Gasteiger partial charge in [-0.15, -0.1) is 0 Å². The van der Waals surface area contributed by atoms with E-state index in [1.54, 1.807) is 23.2 Å². The highest BCUT2D eigenvalue weighted by Gasteiger charge is 2.32. The van der Waals surface area contributed by atoms with Crippen molar-refractivity contribution in [2.45, 2.75) is 10.8 Å². The van der Waals surface area contributed by atoms with Crippen LogP contribution in [0, 0.1) is 0 Å². The molecule has 0 aromatic heterocycles. The first-order valence-corrected chi connectivity index (χ1v) is 11.6. The molecule has 3 aromatic rings. The molecule has 0 saturated heterocycles. The molecule has 8 heteroatoms. The SMILES string of the molecule is CN=C(NS(=O)(=O)c1ccccc1)N1CC(c2ccccc2)C(c2ccc(Cl)cc2)=N1. The number of hydrazone groups is 1. The zero-order valence-corrected chi connectivity index (χ0v) is 18.4. The maximum atomic E-state index is 12.8. The second-order valence-corrected chi connectivity index (χ2v) is 9.12. The van der Waals surface area contributed by atoms with Gasteiger partial charge in [-0.25, -0.2) is 18.1 Å². The quantitative estimate of drug-likeness (QED) is 0.478. The average Bonchev–Trinajstić information content (AvgIpc) is 3.24. The van der Waals surface area contributed by atoms with E-state index in [1.807, 2.05) is 54.6 Å². The Bertz CT molecular complexity index is 1210. The van der Waals surface area contributed by atoms with Crippen molar-refractivity contribution in [2.75, 3.05) is 13.6 Å². The lowest BCUT2D eigenvalue weighted by Gasteiger charge is -2.19. The fourth-order valence-corrected chi connectivity index (χ4v) is 4.65. The minimum atomic E-state index is -3.79. The second kappa shape index (κ2) is 8.91. The third kappa shape index (κ3) is 4.62. The van der Waals surface area contributed by atoms with Gasteiger partial charge in [-0.3, -0.25) is 4.99 Å². The topological polar surface area (TPSA) is 74.1 Å². The Kier molecular flexibility index (Phi) is 6.06. The van der Waals surface area contributed by atoms with Crippen molar-refractivity contribution in [3.8, 4) is 0 Å². The predicted octanol–water partition coefficient (Wildman–Crippen LogP) is 4.11. The molecule has 0 aliphatic carbocycles. The van der Waals surface area contributed by atoms with E-state index < -0.39 is 10.0 Å². The highest BCUT2D eigenvalue weighted by molar-refractivity contribution is 7.90. The summed E-state index contributed by atoms with van der Waals surface area (Å²) >= 11 is 6.06. The van der Waals surface area contributed by atoms with Crippen molar-refractivity contribution in [1.29, 1.82) is 0 Å². The molecule has 0 saturated carbocycles. The van der Waals surface area contributed by atoms with Gasteiger partial charge in [-0.05, 0) is 35.4 Å². The van der Waals surface area contributed by atoms with Gasteiger partial charge in [0.05, 0.1) is 17.2 Å². The number of rotatable bonds is 4. The van der Waals surface area contributed by atoms with Crippen LogP contribution < -0.4 is 4.72 Å². The fourth-order valence-electron chi connectivity index (χ4n) is 3.45. The Morgan fingerprint density at radius 3 is 2.23 bits per heavy atom. The number of halogens is 1. The molecule has 6 nitrogen and oxygen atoms in total. The summed E-state index contributed by atoms with van der Waals surface area (Å²) in [6.45, 7) is 0.450. The average molecular weight is 453 g/mol. The van der Waals surface area contributed by atoms with Crippen molar-refractivity contribution in [2.24, 2.45) is 10.1 Å². The van der Waals surface area contributed by atoms with Gasteiger partial charge >= 0.3 is 0 Å². The van der Waals surface area contributed by atoms with Gasteiger partial charge in [0.2, 0.25) is 5.96 Å². The van der Waals surface area contributed by atoms with Crippen molar-refractivity contribution in [3.05, 3.63) is 101 Å². The molecule has 0 bridgehead atoms. The van der Waals surface area contributed by atoms with Crippen LogP contribution in [0.5, 0.6) is 0 Å². The monoisotopic (exact) mass is 452 g/mol. The molecule has 0 spiro atoms. The molecule has 31 heavy (non-hydrogen) atoms. The van der Waals surface area contributed by atoms with Crippen molar-refractivity contribution >= 4 is 33.3 Å². The first-order valence-electron chi connectivity index (χ1n) is 9.69. The third-order valence-electron chi connectivity index (χ3n) is 4.99. The zero-order valence-electron chi connectivity index (χ0n) is 16.8. The summed E-state index contributed by atoms with van der Waals surface area (Å²) in [4.78, 5) is 4.34. The number of aliphatic imine (C=N–C) groups is 1. The van der Waals surface area contributed by atoms with Crippen LogP contribution >= 0.6 is 11.6 Å². The van der Waals surface area contributed by atoms with Crippen molar-refractivity contribution in [1.82, 2.24) is 9.73 Å². The van der Waals surface area contributed by atoms with Crippen LogP contribution in [0.1, 0.15) is 17.0 Å². The number of hydrogen-bond acceptors (Lipinski definition) is 4. The Morgan fingerprint density at radius 2 is 1.61 bits per heavy atom. The normalized spacial score (nSPS) is 16.8. The fraction of sp³-hybridized carbons (Fsp3) is 0.130. The summed E-state index contributed by atoms with van der Waals surface area (Å²) in [5.41, 5.74) is 2.82. The molecule has 4 rings (SSSR count). The van der Waals surface area contributed by atoms with E-state index >= 15 is 0 Å². The van der Waals surface area contributed by atoms with Gasteiger partial charge in [-0.2, -0.15) is 5.10 Å². The van der Waals surface area contributed by atoms with E-state index in [2.05, 4.69) is 9.71 Å². The molecule has 1 aliphatic rings. The molecule has 158 valence electrons. The van der Waals surface area contributed by atoms with Gasteiger partial charge in [0.15, 0.2) is 0 Å². The van der Waals surface area contributed by atoms with Crippen LogP contribution in [-0.4, -0.2) is 38.7 Å². The Balaban J connectivity index is 1.68. The van der Waals surface area contributed by atoms with E-state index in [1.165, 1.54) is 19.2 Å². The smallest absolute Gasteiger partial charge is 0.254 e. The highest BCUT2D eigenvalue weighted by atomic mass is 35.5. The van der Waals surface area contributed by atoms with Crippen LogP contribution in [0.4, 0.5) is 0 Å². The van der Waals surface area contributed by atoms with Crippen LogP contribution in [-0.2, 0) is 10.0 Å². The third-order valence-corrected chi connectivity index (χ3v) is 6.59. The predicted molar refractivity (Wildman–Crippen MR) is 124 cm³/mol. The molecule has 1 heterocycles. The molecule has 3 aromatic carbocycles. The Labute approximate surface area is 186 Å². The summed E-state index contributed by atoms with van der Waals surface area (Å²) in [6, 6.07) is 25.6. The van der Waals surface area contributed by atoms with E-state index in [0.29, 0.717) is 11.6 Å². The highest BCUT2D eigenvalue weighted by Crippen LogP contribution is 2.29. The lowest BCUT2D eigenvalue weighted by Crippen LogP contribution is -2.41. The van der Waals surface area contributed by atoms with Crippen LogP contribution in [0.15, 0.2) is 99.9 Å². The van der Waals surface area contributed by atoms with E-state index in [0.717, 1.165) is 16.8 Å². The van der Waals surface area contributed by atoms with Gasteiger partial charge in [-0.1, -0.05) is 72.3 Å². The number of sulfonamides is 1. The molecule has 0 amide bonds. The molecular formula is C23H21ClN4O2S.